The number of nitrogens with zero attached hydrogens (tertiary/aromatic N) is 1. The molecule has 0 heterocycles. The van der Waals surface area contributed by atoms with E-state index in [2.05, 4.69) is 0 Å². The first kappa shape index (κ1) is 13.0. The number of benzene rings is 1. The lowest BCUT2D eigenvalue weighted by Crippen LogP contribution is -2.09. The molecule has 1 aromatic carbocycles. The molecule has 0 amide bonds. The number of para-hydroxylation sites is 1. The Labute approximate surface area is 98.3 Å². The highest BCUT2D eigenvalue weighted by atomic mass is 16.6. The Hall–Kier alpha value is -2.11. The number of hydrogen-bond acceptors (Lipinski definition) is 5. The quantitative estimate of drug-likeness (QED) is 0.341. The summed E-state index contributed by atoms with van der Waals surface area (Å²) >= 11 is 0. The smallest absolute Gasteiger partial charge is 0.315 e. The van der Waals surface area contributed by atoms with E-state index in [9.17, 15) is 14.9 Å². The maximum atomic E-state index is 11.2. The van der Waals surface area contributed by atoms with Crippen LogP contribution >= 0.6 is 0 Å². The largest absolute Gasteiger partial charge is 0.490 e. The molecule has 0 atom stereocenters. The number of ether oxygens (including phenoxy) is 2. The number of hydrogen-bond donors (Lipinski definition) is 0. The number of nitro groups is 1. The van der Waals surface area contributed by atoms with E-state index >= 15 is 0 Å². The van der Waals surface area contributed by atoms with Gasteiger partial charge in [-0.1, -0.05) is 13.0 Å². The molecule has 0 bridgehead atoms. The van der Waals surface area contributed by atoms with E-state index in [1.54, 1.807) is 13.8 Å². The molecule has 0 aliphatic rings. The molecular weight excluding hydrogens is 226 g/mol. The summed E-state index contributed by atoms with van der Waals surface area (Å²) in [7, 11) is 0. The van der Waals surface area contributed by atoms with Gasteiger partial charge >= 0.3 is 11.7 Å². The molecule has 0 spiro atoms. The third kappa shape index (κ3) is 3.17. The van der Waals surface area contributed by atoms with Crippen molar-refractivity contribution in [1.82, 2.24) is 0 Å². The van der Waals surface area contributed by atoms with Gasteiger partial charge in [0.25, 0.3) is 0 Å². The summed E-state index contributed by atoms with van der Waals surface area (Å²) in [6.45, 7) is 3.68. The molecule has 92 valence electrons. The van der Waals surface area contributed by atoms with Crippen LogP contribution in [0.25, 0.3) is 0 Å². The molecule has 0 unspecified atom stereocenters. The molecule has 0 radical (unpaired) electrons. The van der Waals surface area contributed by atoms with Gasteiger partial charge in [0.15, 0.2) is 5.75 Å². The van der Waals surface area contributed by atoms with E-state index in [1.807, 2.05) is 0 Å². The molecule has 6 nitrogen and oxygen atoms in total. The van der Waals surface area contributed by atoms with Crippen LogP contribution in [0.4, 0.5) is 5.69 Å². The summed E-state index contributed by atoms with van der Waals surface area (Å²) < 4.78 is 10.1. The predicted molar refractivity (Wildman–Crippen MR) is 60.2 cm³/mol. The van der Waals surface area contributed by atoms with E-state index in [0.29, 0.717) is 6.61 Å². The summed E-state index contributed by atoms with van der Waals surface area (Å²) in [6.07, 6.45) is 0.137. The SMILES string of the molecule is CCOc1cccc([N+](=O)[O-])c1OC(=O)CC. The second-order valence-corrected chi connectivity index (χ2v) is 3.12. The van der Waals surface area contributed by atoms with Crippen LogP contribution in [0.5, 0.6) is 11.5 Å². The normalized spacial score (nSPS) is 9.76. The number of rotatable bonds is 5. The van der Waals surface area contributed by atoms with Gasteiger partial charge in [-0.05, 0) is 13.0 Å². The number of carbonyl (C=O) groups excluding carboxylic acids is 1. The summed E-state index contributed by atoms with van der Waals surface area (Å²) in [5.41, 5.74) is -0.280. The summed E-state index contributed by atoms with van der Waals surface area (Å²) in [6, 6.07) is 4.27. The fraction of sp³-hybridized carbons (Fsp3) is 0.364. The van der Waals surface area contributed by atoms with Crippen molar-refractivity contribution < 1.29 is 19.2 Å². The molecule has 6 heteroatoms. The first-order valence-corrected chi connectivity index (χ1v) is 5.21. The lowest BCUT2D eigenvalue weighted by atomic mass is 10.2. The van der Waals surface area contributed by atoms with Gasteiger partial charge in [-0.2, -0.15) is 0 Å². The fourth-order valence-electron chi connectivity index (χ4n) is 1.21. The number of nitro benzene ring substituents is 1. The minimum absolute atomic E-state index is 0.133. The standard InChI is InChI=1S/C11H13NO5/c1-3-10(13)17-11-8(12(14)15)6-5-7-9(11)16-4-2/h5-7H,3-4H2,1-2H3. The molecule has 0 aromatic heterocycles. The Balaban J connectivity index is 3.18. The van der Waals surface area contributed by atoms with Crippen LogP contribution in [0.2, 0.25) is 0 Å². The maximum absolute atomic E-state index is 11.2. The van der Waals surface area contributed by atoms with E-state index in [4.69, 9.17) is 9.47 Å². The third-order valence-corrected chi connectivity index (χ3v) is 1.96. The monoisotopic (exact) mass is 239 g/mol. The van der Waals surface area contributed by atoms with Crippen LogP contribution in [0.1, 0.15) is 20.3 Å². The molecule has 1 aromatic rings. The molecule has 0 saturated carbocycles. The van der Waals surface area contributed by atoms with Crippen LogP contribution in [-0.4, -0.2) is 17.5 Å². The zero-order chi connectivity index (χ0) is 12.8. The van der Waals surface area contributed by atoms with Crippen LogP contribution < -0.4 is 9.47 Å². The van der Waals surface area contributed by atoms with Crippen molar-refractivity contribution in [2.24, 2.45) is 0 Å². The molecule has 17 heavy (non-hydrogen) atoms. The minimum atomic E-state index is -0.610. The molecular formula is C11H13NO5. The van der Waals surface area contributed by atoms with Crippen molar-refractivity contribution in [2.45, 2.75) is 20.3 Å². The summed E-state index contributed by atoms with van der Waals surface area (Å²) in [5.74, 6) is -0.477. The van der Waals surface area contributed by atoms with Gasteiger partial charge in [-0.15, -0.1) is 0 Å². The first-order chi connectivity index (χ1) is 8.10. The van der Waals surface area contributed by atoms with Gasteiger partial charge < -0.3 is 9.47 Å². The Morgan fingerprint density at radius 1 is 1.41 bits per heavy atom. The first-order valence-electron chi connectivity index (χ1n) is 5.21. The maximum Gasteiger partial charge on any atom is 0.315 e. The van der Waals surface area contributed by atoms with E-state index in [-0.39, 0.29) is 23.6 Å². The van der Waals surface area contributed by atoms with Crippen LogP contribution in [-0.2, 0) is 4.79 Å². The van der Waals surface area contributed by atoms with Crippen LogP contribution in [0.15, 0.2) is 18.2 Å². The van der Waals surface area contributed by atoms with E-state index in [1.165, 1.54) is 18.2 Å². The molecule has 0 fully saturated rings. The Kier molecular flexibility index (Phi) is 4.45. The zero-order valence-corrected chi connectivity index (χ0v) is 9.63. The second kappa shape index (κ2) is 5.83. The summed E-state index contributed by atoms with van der Waals surface area (Å²) in [4.78, 5) is 21.4. The van der Waals surface area contributed by atoms with Gasteiger partial charge in [0.1, 0.15) is 0 Å². The van der Waals surface area contributed by atoms with Crippen molar-refractivity contribution in [3.05, 3.63) is 28.3 Å². The summed E-state index contributed by atoms with van der Waals surface area (Å²) in [5, 5.41) is 10.8. The molecule has 0 N–H and O–H groups in total. The van der Waals surface area contributed by atoms with Crippen molar-refractivity contribution in [3.8, 4) is 11.5 Å². The van der Waals surface area contributed by atoms with Gasteiger partial charge in [-0.25, -0.2) is 0 Å². The van der Waals surface area contributed by atoms with Crippen molar-refractivity contribution in [3.63, 3.8) is 0 Å². The Morgan fingerprint density at radius 2 is 2.12 bits per heavy atom. The zero-order valence-electron chi connectivity index (χ0n) is 9.63. The molecule has 0 aliphatic heterocycles. The average molecular weight is 239 g/mol. The highest BCUT2D eigenvalue weighted by molar-refractivity contribution is 5.75. The molecule has 0 aliphatic carbocycles. The molecule has 1 rings (SSSR count). The lowest BCUT2D eigenvalue weighted by molar-refractivity contribution is -0.385. The van der Waals surface area contributed by atoms with Crippen molar-refractivity contribution in [1.29, 1.82) is 0 Å². The van der Waals surface area contributed by atoms with Gasteiger partial charge in [-0.3, -0.25) is 14.9 Å². The van der Waals surface area contributed by atoms with Crippen molar-refractivity contribution in [2.75, 3.05) is 6.61 Å². The predicted octanol–water partition coefficient (Wildman–Crippen LogP) is 2.31. The lowest BCUT2D eigenvalue weighted by Gasteiger charge is -2.09. The second-order valence-electron chi connectivity index (χ2n) is 3.12. The highest BCUT2D eigenvalue weighted by Crippen LogP contribution is 2.36. The third-order valence-electron chi connectivity index (χ3n) is 1.96. The average Bonchev–Trinajstić information content (AvgIpc) is 2.31. The molecule has 0 saturated heterocycles. The van der Waals surface area contributed by atoms with Crippen LogP contribution in [0.3, 0.4) is 0 Å². The van der Waals surface area contributed by atoms with Gasteiger partial charge in [0, 0.05) is 12.5 Å². The van der Waals surface area contributed by atoms with E-state index in [0.717, 1.165) is 0 Å². The van der Waals surface area contributed by atoms with Gasteiger partial charge in [0.05, 0.1) is 11.5 Å². The van der Waals surface area contributed by atoms with Gasteiger partial charge in [0.2, 0.25) is 5.75 Å². The fourth-order valence-corrected chi connectivity index (χ4v) is 1.21. The van der Waals surface area contributed by atoms with Crippen molar-refractivity contribution >= 4 is 11.7 Å². The van der Waals surface area contributed by atoms with Crippen LogP contribution in [0, 0.1) is 10.1 Å². The van der Waals surface area contributed by atoms with E-state index < -0.39 is 10.9 Å². The Morgan fingerprint density at radius 3 is 2.65 bits per heavy atom. The Bertz CT molecular complexity index is 430. The number of esters is 1. The minimum Gasteiger partial charge on any atom is -0.490 e. The number of carbonyl (C=O) groups is 1. The topological polar surface area (TPSA) is 78.7 Å². The highest BCUT2D eigenvalue weighted by Gasteiger charge is 2.22.